The molecule has 8 heteroatoms. The summed E-state index contributed by atoms with van der Waals surface area (Å²) < 4.78 is 31.9. The van der Waals surface area contributed by atoms with Crippen molar-refractivity contribution in [2.75, 3.05) is 26.8 Å². The van der Waals surface area contributed by atoms with E-state index in [9.17, 15) is 8.42 Å². The Bertz CT molecular complexity index is 473. The van der Waals surface area contributed by atoms with E-state index in [1.165, 1.54) is 18.4 Å². The average Bonchev–Trinajstić information content (AvgIpc) is 2.69. The van der Waals surface area contributed by atoms with Gasteiger partial charge in [0.1, 0.15) is 4.90 Å². The quantitative estimate of drug-likeness (QED) is 0.693. The Hall–Kier alpha value is 0.01000. The highest BCUT2D eigenvalue weighted by Gasteiger charge is 2.20. The monoisotopic (exact) mass is 356 g/mol. The first kappa shape index (κ1) is 16.1. The zero-order valence-electron chi connectivity index (χ0n) is 10.3. The van der Waals surface area contributed by atoms with Crippen LogP contribution in [0.3, 0.4) is 0 Å². The second kappa shape index (κ2) is 7.56. The predicted octanol–water partition coefficient (Wildman–Crippen LogP) is 1.54. The molecule has 1 aromatic rings. The minimum atomic E-state index is -3.46. The topological polar surface area (TPSA) is 67.4 Å². The van der Waals surface area contributed by atoms with Crippen LogP contribution >= 0.6 is 27.3 Å². The molecule has 5 nitrogen and oxygen atoms in total. The van der Waals surface area contributed by atoms with Gasteiger partial charge in [0.25, 0.3) is 0 Å². The van der Waals surface area contributed by atoms with Crippen LogP contribution in [0.1, 0.15) is 11.8 Å². The highest BCUT2D eigenvalue weighted by atomic mass is 79.9. The molecule has 0 radical (unpaired) electrons. The minimum Gasteiger partial charge on any atom is -0.383 e. The molecule has 0 saturated heterocycles. The van der Waals surface area contributed by atoms with E-state index in [0.717, 1.165) is 11.4 Å². The van der Waals surface area contributed by atoms with Gasteiger partial charge in [-0.3, -0.25) is 0 Å². The molecule has 0 aromatic carbocycles. The summed E-state index contributed by atoms with van der Waals surface area (Å²) in [6.07, 6.45) is 0. The van der Waals surface area contributed by atoms with Crippen LogP contribution in [0.4, 0.5) is 0 Å². The standard InChI is InChI=1S/C10H17BrN2O3S2/c1-3-12-7-8-6-9(10(11)17-8)18(14,15)13-4-5-16-2/h6,12-13H,3-5,7H2,1-2H3. The molecule has 0 amide bonds. The number of hydrogen-bond donors (Lipinski definition) is 2. The summed E-state index contributed by atoms with van der Waals surface area (Å²) >= 11 is 4.72. The summed E-state index contributed by atoms with van der Waals surface area (Å²) in [7, 11) is -1.93. The van der Waals surface area contributed by atoms with Gasteiger partial charge in [0.2, 0.25) is 10.0 Å². The third kappa shape index (κ3) is 4.60. The van der Waals surface area contributed by atoms with Crippen molar-refractivity contribution in [2.45, 2.75) is 18.4 Å². The number of ether oxygens (including phenoxy) is 1. The molecular weight excluding hydrogens is 340 g/mol. The van der Waals surface area contributed by atoms with E-state index in [4.69, 9.17) is 4.74 Å². The minimum absolute atomic E-state index is 0.268. The molecule has 104 valence electrons. The number of rotatable bonds is 8. The van der Waals surface area contributed by atoms with Gasteiger partial charge in [-0.05, 0) is 28.5 Å². The Morgan fingerprint density at radius 1 is 1.50 bits per heavy atom. The SMILES string of the molecule is CCNCc1cc(S(=O)(=O)NCCOC)c(Br)s1. The third-order valence-corrected chi connectivity index (χ3v) is 5.86. The van der Waals surface area contributed by atoms with Gasteiger partial charge in [0.15, 0.2) is 0 Å². The molecule has 0 spiro atoms. The molecule has 0 atom stereocenters. The normalized spacial score (nSPS) is 11.9. The van der Waals surface area contributed by atoms with Crippen molar-refractivity contribution < 1.29 is 13.2 Å². The van der Waals surface area contributed by atoms with Crippen molar-refractivity contribution in [3.05, 3.63) is 14.7 Å². The zero-order valence-corrected chi connectivity index (χ0v) is 13.5. The van der Waals surface area contributed by atoms with Crippen molar-refractivity contribution in [1.29, 1.82) is 0 Å². The van der Waals surface area contributed by atoms with E-state index >= 15 is 0 Å². The van der Waals surface area contributed by atoms with Crippen molar-refractivity contribution in [3.63, 3.8) is 0 Å². The number of methoxy groups -OCH3 is 1. The van der Waals surface area contributed by atoms with Crippen molar-refractivity contribution in [1.82, 2.24) is 10.0 Å². The molecular formula is C10H17BrN2O3S2. The van der Waals surface area contributed by atoms with E-state index in [1.807, 2.05) is 6.92 Å². The van der Waals surface area contributed by atoms with Crippen LogP contribution in [0.25, 0.3) is 0 Å². The molecule has 0 unspecified atom stereocenters. The predicted molar refractivity (Wildman–Crippen MR) is 76.5 cm³/mol. The smallest absolute Gasteiger partial charge is 0.242 e. The Kier molecular flexibility index (Phi) is 6.75. The Morgan fingerprint density at radius 2 is 2.22 bits per heavy atom. The van der Waals surface area contributed by atoms with Crippen LogP contribution in [-0.2, 0) is 21.3 Å². The molecule has 1 heterocycles. The van der Waals surface area contributed by atoms with Gasteiger partial charge in [0.05, 0.1) is 10.4 Å². The molecule has 0 aliphatic rings. The van der Waals surface area contributed by atoms with Gasteiger partial charge < -0.3 is 10.1 Å². The van der Waals surface area contributed by atoms with Crippen LogP contribution in [0, 0.1) is 0 Å². The molecule has 0 saturated carbocycles. The number of sulfonamides is 1. The third-order valence-electron chi connectivity index (χ3n) is 2.14. The van der Waals surface area contributed by atoms with E-state index < -0.39 is 10.0 Å². The number of halogens is 1. The first-order valence-electron chi connectivity index (χ1n) is 5.48. The first-order chi connectivity index (χ1) is 8.51. The van der Waals surface area contributed by atoms with E-state index in [0.29, 0.717) is 16.9 Å². The summed E-state index contributed by atoms with van der Waals surface area (Å²) in [4.78, 5) is 1.27. The van der Waals surface area contributed by atoms with E-state index in [-0.39, 0.29) is 11.4 Å². The highest BCUT2D eigenvalue weighted by Crippen LogP contribution is 2.31. The Morgan fingerprint density at radius 3 is 2.83 bits per heavy atom. The lowest BCUT2D eigenvalue weighted by Crippen LogP contribution is -2.27. The maximum Gasteiger partial charge on any atom is 0.242 e. The largest absolute Gasteiger partial charge is 0.383 e. The van der Waals surface area contributed by atoms with Crippen molar-refractivity contribution in [2.24, 2.45) is 0 Å². The van der Waals surface area contributed by atoms with Crippen LogP contribution in [0.15, 0.2) is 14.7 Å². The van der Waals surface area contributed by atoms with Gasteiger partial charge >= 0.3 is 0 Å². The fourth-order valence-electron chi connectivity index (χ4n) is 1.27. The van der Waals surface area contributed by atoms with Gasteiger partial charge in [-0.15, -0.1) is 11.3 Å². The second-order valence-electron chi connectivity index (χ2n) is 3.52. The van der Waals surface area contributed by atoms with E-state index in [2.05, 4.69) is 26.0 Å². The Labute approximate surface area is 120 Å². The number of nitrogens with one attached hydrogen (secondary N) is 2. The lowest BCUT2D eigenvalue weighted by molar-refractivity contribution is 0.204. The Balaban J connectivity index is 2.78. The molecule has 0 aliphatic carbocycles. The maximum absolute atomic E-state index is 12.0. The van der Waals surface area contributed by atoms with Gasteiger partial charge in [-0.25, -0.2) is 13.1 Å². The van der Waals surface area contributed by atoms with Crippen LogP contribution in [-0.4, -0.2) is 35.2 Å². The van der Waals surface area contributed by atoms with Crippen LogP contribution < -0.4 is 10.0 Å². The molecule has 2 N–H and O–H groups in total. The van der Waals surface area contributed by atoms with E-state index in [1.54, 1.807) is 6.07 Å². The fraction of sp³-hybridized carbons (Fsp3) is 0.600. The lowest BCUT2D eigenvalue weighted by Gasteiger charge is -2.04. The first-order valence-corrected chi connectivity index (χ1v) is 8.58. The molecule has 0 bridgehead atoms. The number of hydrogen-bond acceptors (Lipinski definition) is 5. The zero-order chi connectivity index (χ0) is 13.6. The molecule has 0 fully saturated rings. The van der Waals surface area contributed by atoms with Crippen molar-refractivity contribution >= 4 is 37.3 Å². The van der Waals surface area contributed by atoms with Crippen molar-refractivity contribution in [3.8, 4) is 0 Å². The van der Waals surface area contributed by atoms with Gasteiger partial charge in [-0.2, -0.15) is 0 Å². The molecule has 0 aliphatic heterocycles. The number of thiophene rings is 1. The summed E-state index contributed by atoms with van der Waals surface area (Å²) in [6.45, 7) is 4.15. The summed E-state index contributed by atoms with van der Waals surface area (Å²) in [5.41, 5.74) is 0. The molecule has 1 rings (SSSR count). The second-order valence-corrected chi connectivity index (χ2v) is 7.71. The highest BCUT2D eigenvalue weighted by molar-refractivity contribution is 9.11. The summed E-state index contributed by atoms with van der Waals surface area (Å²) in [5, 5.41) is 3.16. The lowest BCUT2D eigenvalue weighted by atomic mass is 10.4. The van der Waals surface area contributed by atoms with Gasteiger partial charge in [-0.1, -0.05) is 6.92 Å². The molecule has 1 aromatic heterocycles. The fourth-order valence-corrected chi connectivity index (χ4v) is 4.94. The summed E-state index contributed by atoms with van der Waals surface area (Å²) in [6, 6.07) is 1.69. The van der Waals surface area contributed by atoms with Crippen LogP contribution in [0.2, 0.25) is 0 Å². The maximum atomic E-state index is 12.0. The molecule has 18 heavy (non-hydrogen) atoms. The summed E-state index contributed by atoms with van der Waals surface area (Å²) in [5.74, 6) is 0. The average molecular weight is 357 g/mol. The van der Waals surface area contributed by atoms with Crippen LogP contribution in [0.5, 0.6) is 0 Å². The van der Waals surface area contributed by atoms with Gasteiger partial charge in [0, 0.05) is 25.1 Å².